The molecule has 100 valence electrons. The number of carbonyl (C=O) groups excluding carboxylic acids is 1. The molecule has 0 aliphatic carbocycles. The molecular weight excluding hydrogens is 247 g/mol. The molecule has 0 atom stereocenters. The van der Waals surface area contributed by atoms with Gasteiger partial charge in [-0.1, -0.05) is 4.85 Å². The molecule has 0 aromatic carbocycles. The minimum absolute atomic E-state index is 0.380. The van der Waals surface area contributed by atoms with Crippen LogP contribution in [0.25, 0.3) is 0 Å². The lowest BCUT2D eigenvalue weighted by molar-refractivity contribution is -0.132. The van der Waals surface area contributed by atoms with Crippen molar-refractivity contribution in [2.24, 2.45) is 9.96 Å². The number of carbonyl (C=O) groups is 1. The summed E-state index contributed by atoms with van der Waals surface area (Å²) in [5.74, 6) is -0.601. The Morgan fingerprint density at radius 1 is 1.12 bits per heavy atom. The zero-order chi connectivity index (χ0) is 13.1. The van der Waals surface area contributed by atoms with Crippen LogP contribution in [0.3, 0.4) is 0 Å². The third-order valence-electron chi connectivity index (χ3n) is 1.40. The molecule has 0 fully saturated rings. The highest BCUT2D eigenvalue weighted by Gasteiger charge is 2.22. The monoisotopic (exact) mass is 266 g/mol. The van der Waals surface area contributed by atoms with Crippen molar-refractivity contribution < 1.29 is 23.1 Å². The first-order valence-electron chi connectivity index (χ1n) is 5.30. The van der Waals surface area contributed by atoms with Crippen molar-refractivity contribution in [3.8, 4) is 0 Å². The summed E-state index contributed by atoms with van der Waals surface area (Å²) in [7, 11) is -1.59. The molecule has 0 unspecified atom stereocenters. The molecule has 0 heterocycles. The molecule has 17 heavy (non-hydrogen) atoms. The van der Waals surface area contributed by atoms with E-state index in [9.17, 15) is 4.79 Å². The Hall–Kier alpha value is -0.750. The van der Waals surface area contributed by atoms with E-state index in [0.29, 0.717) is 19.8 Å². The molecule has 0 aliphatic heterocycles. The molecule has 0 saturated heterocycles. The van der Waals surface area contributed by atoms with E-state index in [2.05, 4.69) is 14.7 Å². The second-order valence-corrected chi connectivity index (χ2v) is 4.47. The summed E-state index contributed by atoms with van der Waals surface area (Å²) in [4.78, 5) is 14.7. The average molecular weight is 266 g/mol. The maximum atomic E-state index is 10.8. The Balaban J connectivity index is 4.90. The number of esters is 1. The van der Waals surface area contributed by atoms with Gasteiger partial charge in [-0.2, -0.15) is 0 Å². The first-order valence-corrected chi connectivity index (χ1v) is 6.79. The van der Waals surface area contributed by atoms with Gasteiger partial charge in [-0.25, -0.2) is 4.79 Å². The summed E-state index contributed by atoms with van der Waals surface area (Å²) in [6.45, 7) is 6.53. The Labute approximate surface area is 101 Å². The molecule has 0 rings (SSSR count). The smallest absolute Gasteiger partial charge is 0.378 e. The van der Waals surface area contributed by atoms with Crippen molar-refractivity contribution in [2.75, 3.05) is 26.9 Å². The highest BCUT2D eigenvalue weighted by atomic mass is 31.2. The number of nitrogens with zero attached hydrogens (tertiary/aromatic N) is 2. The summed E-state index contributed by atoms with van der Waals surface area (Å²) in [5, 5.41) is 3.57. The van der Waals surface area contributed by atoms with Crippen LogP contribution in [0.5, 0.6) is 0 Å². The standard InChI is InChI=1S/C9H19N2O5P/c1-5-14-17(15-6-2,16-7-3)11-10-8-9(12)13-4/h8H,5-7H2,1-4H3/b10-8+. The maximum Gasteiger partial charge on any atom is 0.378 e. The minimum Gasteiger partial charge on any atom is -0.465 e. The van der Waals surface area contributed by atoms with Crippen LogP contribution in [-0.2, 0) is 23.1 Å². The Morgan fingerprint density at radius 2 is 1.59 bits per heavy atom. The molecule has 8 heteroatoms. The molecule has 0 aromatic heterocycles. The van der Waals surface area contributed by atoms with Gasteiger partial charge >= 0.3 is 13.7 Å². The second-order valence-electron chi connectivity index (χ2n) is 2.58. The molecule has 0 aliphatic rings. The van der Waals surface area contributed by atoms with Crippen molar-refractivity contribution in [3.63, 3.8) is 0 Å². The van der Waals surface area contributed by atoms with Crippen LogP contribution in [0.2, 0.25) is 0 Å². The van der Waals surface area contributed by atoms with Crippen LogP contribution in [-0.4, -0.2) is 39.1 Å². The zero-order valence-corrected chi connectivity index (χ0v) is 11.5. The predicted molar refractivity (Wildman–Crippen MR) is 64.7 cm³/mol. The molecule has 0 N–H and O–H groups in total. The van der Waals surface area contributed by atoms with Gasteiger partial charge in [0, 0.05) is 0 Å². The van der Waals surface area contributed by atoms with Gasteiger partial charge in [-0.05, 0) is 20.8 Å². The molecule has 0 amide bonds. The van der Waals surface area contributed by atoms with Crippen LogP contribution in [0, 0.1) is 0 Å². The molecule has 0 bridgehead atoms. The summed E-state index contributed by atoms with van der Waals surface area (Å²) < 4.78 is 20.5. The van der Waals surface area contributed by atoms with Gasteiger partial charge in [-0.3, -0.25) is 0 Å². The normalized spacial score (nSPS) is 11.8. The summed E-state index contributed by atoms with van der Waals surface area (Å²) in [6.07, 6.45) is 0.936. The number of hydrogen-bond acceptors (Lipinski definition) is 6. The first-order chi connectivity index (χ1) is 8.14. The van der Waals surface area contributed by atoms with Crippen LogP contribution < -0.4 is 0 Å². The average Bonchev–Trinajstić information content (AvgIpc) is 2.30. The Bertz CT molecular complexity index is 282. The fourth-order valence-corrected chi connectivity index (χ4v) is 2.40. The van der Waals surface area contributed by atoms with E-state index < -0.39 is 13.7 Å². The number of ether oxygens (including phenoxy) is 1. The van der Waals surface area contributed by atoms with E-state index in [1.54, 1.807) is 20.8 Å². The van der Waals surface area contributed by atoms with Crippen LogP contribution in [0.4, 0.5) is 0 Å². The van der Waals surface area contributed by atoms with Crippen molar-refractivity contribution in [1.82, 2.24) is 0 Å². The lowest BCUT2D eigenvalue weighted by atomic mass is 10.8. The van der Waals surface area contributed by atoms with Gasteiger partial charge < -0.3 is 18.3 Å². The van der Waals surface area contributed by atoms with Crippen molar-refractivity contribution >= 4 is 19.9 Å². The van der Waals surface area contributed by atoms with Crippen molar-refractivity contribution in [3.05, 3.63) is 0 Å². The second kappa shape index (κ2) is 9.30. The molecular formula is C9H19N2O5P. The third kappa shape index (κ3) is 6.53. The summed E-state index contributed by atoms with van der Waals surface area (Å²) in [6, 6.07) is 0. The van der Waals surface area contributed by atoms with Gasteiger partial charge in [0.15, 0.2) is 0 Å². The van der Waals surface area contributed by atoms with Gasteiger partial charge in [-0.15, -0.1) is 5.10 Å². The van der Waals surface area contributed by atoms with Crippen molar-refractivity contribution in [1.29, 1.82) is 0 Å². The topological polar surface area (TPSA) is 78.7 Å². The number of hydrogen-bond donors (Lipinski definition) is 0. The largest absolute Gasteiger partial charge is 0.465 e. The van der Waals surface area contributed by atoms with E-state index in [1.807, 2.05) is 0 Å². The zero-order valence-electron chi connectivity index (χ0n) is 10.6. The van der Waals surface area contributed by atoms with Crippen LogP contribution in [0.1, 0.15) is 20.8 Å². The SMILES string of the molecule is CCOP(=N/N=C/C(=O)OC)(OCC)OCC. The van der Waals surface area contributed by atoms with E-state index in [4.69, 9.17) is 13.6 Å². The molecule has 7 nitrogen and oxygen atoms in total. The van der Waals surface area contributed by atoms with E-state index in [0.717, 1.165) is 6.21 Å². The van der Waals surface area contributed by atoms with Gasteiger partial charge in [0.2, 0.25) is 0 Å². The molecule has 0 saturated carbocycles. The van der Waals surface area contributed by atoms with Gasteiger partial charge in [0.25, 0.3) is 0 Å². The first kappa shape index (κ1) is 16.2. The fourth-order valence-electron chi connectivity index (χ4n) is 0.868. The van der Waals surface area contributed by atoms with E-state index in [-0.39, 0.29) is 0 Å². The lowest BCUT2D eigenvalue weighted by Gasteiger charge is -2.19. The summed E-state index contributed by atoms with van der Waals surface area (Å²) >= 11 is 0. The maximum absolute atomic E-state index is 10.8. The summed E-state index contributed by atoms with van der Waals surface area (Å²) in [5.41, 5.74) is 0. The van der Waals surface area contributed by atoms with Crippen molar-refractivity contribution in [2.45, 2.75) is 20.8 Å². The molecule has 0 radical (unpaired) electrons. The highest BCUT2D eigenvalue weighted by Crippen LogP contribution is 2.53. The van der Waals surface area contributed by atoms with Gasteiger partial charge in [0.1, 0.15) is 6.21 Å². The van der Waals surface area contributed by atoms with E-state index in [1.165, 1.54) is 7.11 Å². The highest BCUT2D eigenvalue weighted by molar-refractivity contribution is 7.51. The Morgan fingerprint density at radius 3 is 1.94 bits per heavy atom. The molecule has 0 spiro atoms. The lowest BCUT2D eigenvalue weighted by Crippen LogP contribution is -2.02. The molecule has 0 aromatic rings. The van der Waals surface area contributed by atoms with E-state index >= 15 is 0 Å². The quantitative estimate of drug-likeness (QED) is 0.291. The number of methoxy groups -OCH3 is 1. The Kier molecular flexibility index (Phi) is 8.89. The fraction of sp³-hybridized carbons (Fsp3) is 0.778. The van der Waals surface area contributed by atoms with Gasteiger partial charge in [0.05, 0.1) is 26.9 Å². The van der Waals surface area contributed by atoms with Crippen LogP contribution >= 0.6 is 7.74 Å². The third-order valence-corrected chi connectivity index (χ3v) is 3.48. The predicted octanol–water partition coefficient (Wildman–Crippen LogP) is 2.20. The van der Waals surface area contributed by atoms with Crippen LogP contribution in [0.15, 0.2) is 9.96 Å². The number of rotatable bonds is 8. The minimum atomic E-state index is -2.84.